The van der Waals surface area contributed by atoms with Gasteiger partial charge in [-0.05, 0) is 48.3 Å². The number of para-hydroxylation sites is 2. The van der Waals surface area contributed by atoms with Crippen LogP contribution in [0.5, 0.6) is 0 Å². The minimum atomic E-state index is -4.54. The van der Waals surface area contributed by atoms with E-state index < -0.39 is 23.7 Å². The highest BCUT2D eigenvalue weighted by molar-refractivity contribution is 7.98. The van der Waals surface area contributed by atoms with Crippen LogP contribution >= 0.6 is 24.0 Å². The zero-order valence-corrected chi connectivity index (χ0v) is 18.6. The average molecular weight is 476 g/mol. The van der Waals surface area contributed by atoms with E-state index in [1.54, 1.807) is 42.5 Å². The highest BCUT2D eigenvalue weighted by Gasteiger charge is 2.33. The number of anilines is 2. The summed E-state index contributed by atoms with van der Waals surface area (Å²) in [5, 5.41) is 8.19. The largest absolute Gasteiger partial charge is 0.418 e. The van der Waals surface area contributed by atoms with Gasteiger partial charge in [-0.15, -0.1) is 11.8 Å². The molecule has 0 heterocycles. The number of amides is 1. The normalized spacial score (nSPS) is 12.0. The van der Waals surface area contributed by atoms with E-state index >= 15 is 0 Å². The first kappa shape index (κ1) is 23.6. The lowest BCUT2D eigenvalue weighted by molar-refractivity contribution is -0.136. The zero-order valence-electron chi connectivity index (χ0n) is 16.9. The molecule has 0 saturated carbocycles. The number of alkyl halides is 3. The van der Waals surface area contributed by atoms with Crippen molar-refractivity contribution in [3.05, 3.63) is 90.0 Å². The SMILES string of the molecule is CSc1ccccc1NC(=O)C(NC(=S)Nc1ccccc1C(F)(F)F)c1ccccc1. The minimum Gasteiger partial charge on any atom is -0.347 e. The fraction of sp³-hybridized carbons (Fsp3) is 0.130. The Hall–Kier alpha value is -3.04. The molecule has 0 aromatic heterocycles. The fourth-order valence-corrected chi connectivity index (χ4v) is 3.81. The van der Waals surface area contributed by atoms with Gasteiger partial charge in [-0.25, -0.2) is 0 Å². The van der Waals surface area contributed by atoms with Crippen LogP contribution in [0.3, 0.4) is 0 Å². The lowest BCUT2D eigenvalue weighted by Crippen LogP contribution is -2.39. The fourth-order valence-electron chi connectivity index (χ4n) is 3.03. The lowest BCUT2D eigenvalue weighted by atomic mass is 10.1. The third-order valence-corrected chi connectivity index (χ3v) is 5.53. The number of halogens is 3. The van der Waals surface area contributed by atoms with Gasteiger partial charge in [0.1, 0.15) is 6.04 Å². The highest BCUT2D eigenvalue weighted by Crippen LogP contribution is 2.34. The summed E-state index contributed by atoms with van der Waals surface area (Å²) in [5.74, 6) is -0.397. The van der Waals surface area contributed by atoms with E-state index in [0.29, 0.717) is 11.3 Å². The van der Waals surface area contributed by atoms with Crippen molar-refractivity contribution < 1.29 is 18.0 Å². The number of nitrogens with one attached hydrogen (secondary N) is 3. The van der Waals surface area contributed by atoms with Crippen molar-refractivity contribution in [1.82, 2.24) is 5.32 Å². The molecule has 9 heteroatoms. The van der Waals surface area contributed by atoms with Crippen molar-refractivity contribution in [1.29, 1.82) is 0 Å². The van der Waals surface area contributed by atoms with E-state index in [-0.39, 0.29) is 10.8 Å². The summed E-state index contributed by atoms with van der Waals surface area (Å²) in [6.45, 7) is 0. The quantitative estimate of drug-likeness (QED) is 0.297. The van der Waals surface area contributed by atoms with Crippen molar-refractivity contribution in [3.63, 3.8) is 0 Å². The van der Waals surface area contributed by atoms with Gasteiger partial charge in [0.2, 0.25) is 0 Å². The maximum Gasteiger partial charge on any atom is 0.418 e. The third kappa shape index (κ3) is 6.02. The summed E-state index contributed by atoms with van der Waals surface area (Å²) in [5.41, 5.74) is 0.199. The van der Waals surface area contributed by atoms with Crippen LogP contribution in [0.1, 0.15) is 17.2 Å². The predicted molar refractivity (Wildman–Crippen MR) is 127 cm³/mol. The molecule has 0 saturated heterocycles. The van der Waals surface area contributed by atoms with Crippen molar-refractivity contribution >= 4 is 46.4 Å². The molecule has 0 bridgehead atoms. The summed E-state index contributed by atoms with van der Waals surface area (Å²) in [6.07, 6.45) is -2.65. The number of hydrogen-bond acceptors (Lipinski definition) is 3. The summed E-state index contributed by atoms with van der Waals surface area (Å²) < 4.78 is 39.9. The molecule has 0 aliphatic rings. The molecule has 1 amide bonds. The Morgan fingerprint density at radius 1 is 0.875 bits per heavy atom. The number of thioether (sulfide) groups is 1. The van der Waals surface area contributed by atoms with Gasteiger partial charge in [0.05, 0.1) is 16.9 Å². The number of thiocarbonyl (C=S) groups is 1. The first-order valence-electron chi connectivity index (χ1n) is 9.52. The molecule has 0 aliphatic heterocycles. The first-order valence-corrected chi connectivity index (χ1v) is 11.2. The predicted octanol–water partition coefficient (Wildman–Crippen LogP) is 6.09. The van der Waals surface area contributed by atoms with Gasteiger partial charge >= 0.3 is 6.18 Å². The lowest BCUT2D eigenvalue weighted by Gasteiger charge is -2.22. The molecule has 3 aromatic carbocycles. The molecule has 3 N–H and O–H groups in total. The smallest absolute Gasteiger partial charge is 0.347 e. The Bertz CT molecular complexity index is 1090. The topological polar surface area (TPSA) is 53.2 Å². The molecule has 0 fully saturated rings. The first-order chi connectivity index (χ1) is 15.3. The minimum absolute atomic E-state index is 0.108. The maximum atomic E-state index is 13.3. The van der Waals surface area contributed by atoms with Crippen molar-refractivity contribution in [3.8, 4) is 0 Å². The Labute approximate surface area is 193 Å². The van der Waals surface area contributed by atoms with E-state index in [0.717, 1.165) is 11.0 Å². The average Bonchev–Trinajstić information content (AvgIpc) is 2.78. The molecule has 0 spiro atoms. The van der Waals surface area contributed by atoms with Crippen LogP contribution in [0.4, 0.5) is 24.5 Å². The van der Waals surface area contributed by atoms with Crippen LogP contribution in [0.25, 0.3) is 0 Å². The van der Waals surface area contributed by atoms with Gasteiger partial charge in [-0.2, -0.15) is 13.2 Å². The number of carbonyl (C=O) groups excluding carboxylic acids is 1. The molecule has 1 unspecified atom stereocenters. The number of rotatable bonds is 6. The van der Waals surface area contributed by atoms with Crippen LogP contribution in [0, 0.1) is 0 Å². The second kappa shape index (κ2) is 10.5. The summed E-state index contributed by atoms with van der Waals surface area (Å²) in [4.78, 5) is 14.0. The van der Waals surface area contributed by atoms with Gasteiger partial charge in [0.15, 0.2) is 5.11 Å². The van der Waals surface area contributed by atoms with Crippen LogP contribution in [0.15, 0.2) is 83.8 Å². The van der Waals surface area contributed by atoms with Crippen molar-refractivity contribution in [2.75, 3.05) is 16.9 Å². The Balaban J connectivity index is 1.83. The van der Waals surface area contributed by atoms with Crippen LogP contribution < -0.4 is 16.0 Å². The van der Waals surface area contributed by atoms with E-state index in [1.807, 2.05) is 18.4 Å². The van der Waals surface area contributed by atoms with Crippen LogP contribution in [-0.2, 0) is 11.0 Å². The second-order valence-electron chi connectivity index (χ2n) is 6.68. The van der Waals surface area contributed by atoms with E-state index in [1.165, 1.54) is 30.0 Å². The summed E-state index contributed by atoms with van der Waals surface area (Å²) in [6, 6.07) is 20.2. The third-order valence-electron chi connectivity index (χ3n) is 4.52. The molecular formula is C23H20F3N3OS2. The maximum absolute atomic E-state index is 13.3. The molecule has 32 heavy (non-hydrogen) atoms. The van der Waals surface area contributed by atoms with Gasteiger partial charge in [-0.1, -0.05) is 54.6 Å². The van der Waals surface area contributed by atoms with Crippen LogP contribution in [0.2, 0.25) is 0 Å². The van der Waals surface area contributed by atoms with E-state index in [2.05, 4.69) is 16.0 Å². The van der Waals surface area contributed by atoms with Gasteiger partial charge < -0.3 is 16.0 Å². The number of hydrogen-bond donors (Lipinski definition) is 3. The van der Waals surface area contributed by atoms with Gasteiger partial charge in [-0.3, -0.25) is 4.79 Å². The molecule has 0 radical (unpaired) electrons. The molecule has 166 valence electrons. The second-order valence-corrected chi connectivity index (χ2v) is 7.93. The van der Waals surface area contributed by atoms with Crippen molar-refractivity contribution in [2.45, 2.75) is 17.1 Å². The van der Waals surface area contributed by atoms with E-state index in [4.69, 9.17) is 12.2 Å². The monoisotopic (exact) mass is 475 g/mol. The molecular weight excluding hydrogens is 455 g/mol. The Morgan fingerprint density at radius 3 is 2.12 bits per heavy atom. The summed E-state index contributed by atoms with van der Waals surface area (Å²) in [7, 11) is 0. The Kier molecular flexibility index (Phi) is 7.76. The van der Waals surface area contributed by atoms with Gasteiger partial charge in [0, 0.05) is 4.90 Å². The standard InChI is InChI=1S/C23H20F3N3OS2/c1-32-19-14-8-7-13-18(19)27-21(30)20(15-9-3-2-4-10-15)29-22(31)28-17-12-6-5-11-16(17)23(24,25)26/h2-14,20H,1H3,(H,27,30)(H2,28,29,31). The molecule has 0 aliphatic carbocycles. The highest BCUT2D eigenvalue weighted by atomic mass is 32.2. The summed E-state index contributed by atoms with van der Waals surface area (Å²) >= 11 is 6.74. The van der Waals surface area contributed by atoms with Gasteiger partial charge in [0.25, 0.3) is 5.91 Å². The molecule has 4 nitrogen and oxygen atoms in total. The molecule has 3 rings (SSSR count). The number of benzene rings is 3. The Morgan fingerprint density at radius 2 is 1.47 bits per heavy atom. The van der Waals surface area contributed by atoms with E-state index in [9.17, 15) is 18.0 Å². The molecule has 3 aromatic rings. The zero-order chi connectivity index (χ0) is 23.1. The van der Waals surface area contributed by atoms with Crippen molar-refractivity contribution in [2.24, 2.45) is 0 Å². The van der Waals surface area contributed by atoms with Crippen LogP contribution in [-0.4, -0.2) is 17.3 Å². The molecule has 1 atom stereocenters. The number of carbonyl (C=O) groups is 1.